The third-order valence-electron chi connectivity index (χ3n) is 5.47. The molecule has 2 aliphatic rings. The molecule has 6 nitrogen and oxygen atoms in total. The Bertz CT molecular complexity index is 844. The number of carbonyl (C=O) groups is 1. The minimum absolute atomic E-state index is 0.0136. The van der Waals surface area contributed by atoms with E-state index in [4.69, 9.17) is 10.00 Å². The highest BCUT2D eigenvalue weighted by atomic mass is 16.5. The molecule has 6 heteroatoms. The van der Waals surface area contributed by atoms with Crippen molar-refractivity contribution in [2.45, 2.75) is 18.9 Å². The number of ketones is 1. The van der Waals surface area contributed by atoms with Crippen LogP contribution < -0.4 is 4.74 Å². The third kappa shape index (κ3) is 3.93. The predicted molar refractivity (Wildman–Crippen MR) is 98.5 cm³/mol. The summed E-state index contributed by atoms with van der Waals surface area (Å²) in [6.07, 6.45) is 3.49. The number of likely N-dealkylation sites (tertiary alicyclic amines) is 1. The van der Waals surface area contributed by atoms with Crippen molar-refractivity contribution in [1.82, 2.24) is 9.88 Å². The normalized spacial score (nSPS) is 24.3. The minimum atomic E-state index is -0.0136. The number of Topliss-reactive ketones (excluding diaryl/α,β-unsaturated/α-hetero) is 1. The Labute approximate surface area is 158 Å². The maximum absolute atomic E-state index is 12.4. The van der Waals surface area contributed by atoms with Gasteiger partial charge < -0.3 is 9.84 Å². The second kappa shape index (κ2) is 7.37. The molecule has 1 N–H and O–H groups in total. The number of hydrogen-bond acceptors (Lipinski definition) is 6. The summed E-state index contributed by atoms with van der Waals surface area (Å²) < 4.78 is 6.08. The number of pyridine rings is 1. The first-order chi connectivity index (χ1) is 13.1. The van der Waals surface area contributed by atoms with Crippen molar-refractivity contribution < 1.29 is 14.6 Å². The molecule has 1 aromatic carbocycles. The van der Waals surface area contributed by atoms with Crippen LogP contribution in [0.4, 0.5) is 0 Å². The fraction of sp³-hybridized carbons (Fsp3) is 0.381. The fourth-order valence-electron chi connectivity index (χ4n) is 4.20. The van der Waals surface area contributed by atoms with E-state index < -0.39 is 0 Å². The average molecular weight is 363 g/mol. The summed E-state index contributed by atoms with van der Waals surface area (Å²) in [5.41, 5.74) is 1.03. The Kier molecular flexibility index (Phi) is 4.78. The van der Waals surface area contributed by atoms with Crippen molar-refractivity contribution in [2.75, 3.05) is 19.6 Å². The van der Waals surface area contributed by atoms with E-state index in [0.29, 0.717) is 29.6 Å². The number of aromatic hydroxyl groups is 1. The molecule has 1 aromatic heterocycles. The van der Waals surface area contributed by atoms with E-state index in [1.165, 1.54) is 12.3 Å². The van der Waals surface area contributed by atoms with E-state index in [1.54, 1.807) is 18.2 Å². The third-order valence-corrected chi connectivity index (χ3v) is 5.47. The number of rotatable bonds is 5. The molecular formula is C21H21N3O3. The first-order valence-corrected chi connectivity index (χ1v) is 9.18. The van der Waals surface area contributed by atoms with Crippen molar-refractivity contribution in [3.05, 3.63) is 53.9 Å². The van der Waals surface area contributed by atoms with Crippen LogP contribution >= 0.6 is 0 Å². The molecule has 2 heterocycles. The Morgan fingerprint density at radius 2 is 1.89 bits per heavy atom. The molecule has 0 unspecified atom stereocenters. The van der Waals surface area contributed by atoms with Gasteiger partial charge in [0, 0.05) is 13.1 Å². The molecule has 1 saturated heterocycles. The van der Waals surface area contributed by atoms with Crippen LogP contribution in [0.25, 0.3) is 0 Å². The van der Waals surface area contributed by atoms with Gasteiger partial charge in [0.25, 0.3) is 0 Å². The van der Waals surface area contributed by atoms with E-state index >= 15 is 0 Å². The highest BCUT2D eigenvalue weighted by Crippen LogP contribution is 2.39. The second-order valence-electron chi connectivity index (χ2n) is 7.39. The number of fused-ring (bicyclic) bond motifs is 1. The highest BCUT2D eigenvalue weighted by molar-refractivity contribution is 5.95. The van der Waals surface area contributed by atoms with Gasteiger partial charge >= 0.3 is 0 Å². The van der Waals surface area contributed by atoms with Crippen LogP contribution in [-0.2, 0) is 0 Å². The number of nitrogens with zero attached hydrogens (tertiary/aromatic N) is 3. The van der Waals surface area contributed by atoms with E-state index in [0.717, 1.165) is 31.7 Å². The maximum atomic E-state index is 12.4. The largest absolute Gasteiger partial charge is 0.506 e. The molecule has 0 radical (unpaired) electrons. The molecule has 2 aromatic rings. The van der Waals surface area contributed by atoms with Gasteiger partial charge in [0.05, 0.1) is 30.5 Å². The summed E-state index contributed by atoms with van der Waals surface area (Å²) in [7, 11) is 0. The lowest BCUT2D eigenvalue weighted by atomic mass is 10.0. The fourth-order valence-corrected chi connectivity index (χ4v) is 4.20. The van der Waals surface area contributed by atoms with E-state index in [1.807, 2.05) is 12.1 Å². The first kappa shape index (κ1) is 17.5. The number of carbonyl (C=O) groups excluding carboxylic acids is 1. The van der Waals surface area contributed by atoms with Gasteiger partial charge in [-0.25, -0.2) is 4.98 Å². The lowest BCUT2D eigenvalue weighted by molar-refractivity contribution is 0.0932. The standard InChI is InChI=1S/C21H21N3O3/c22-9-14-1-4-18(5-2-14)27-19-7-15-11-24(12-16(15)8-19)13-21(26)20-6-3-17(25)10-23-20/h1-6,10,15-16,19,25H,7-8,11-13H2/t15-,16+,19-. The Morgan fingerprint density at radius 1 is 1.19 bits per heavy atom. The monoisotopic (exact) mass is 363 g/mol. The molecule has 1 saturated carbocycles. The molecule has 138 valence electrons. The summed E-state index contributed by atoms with van der Waals surface area (Å²) in [6.45, 7) is 2.18. The quantitative estimate of drug-likeness (QED) is 0.822. The van der Waals surface area contributed by atoms with Gasteiger partial charge in [-0.1, -0.05) is 0 Å². The lowest BCUT2D eigenvalue weighted by Crippen LogP contribution is -2.30. The zero-order chi connectivity index (χ0) is 18.8. The van der Waals surface area contributed by atoms with Gasteiger partial charge in [0.1, 0.15) is 17.2 Å². The SMILES string of the molecule is N#Cc1ccc(O[C@@H]2C[C@@H]3CN(CC(=O)c4ccc(O)cn4)C[C@@H]3C2)cc1. The minimum Gasteiger partial charge on any atom is -0.506 e. The maximum Gasteiger partial charge on any atom is 0.195 e. The van der Waals surface area contributed by atoms with E-state index in [9.17, 15) is 9.90 Å². The summed E-state index contributed by atoms with van der Waals surface area (Å²) in [6, 6.07) is 12.4. The number of aromatic nitrogens is 1. The van der Waals surface area contributed by atoms with Crippen LogP contribution in [0.5, 0.6) is 11.5 Å². The Morgan fingerprint density at radius 3 is 2.48 bits per heavy atom. The van der Waals surface area contributed by atoms with Gasteiger partial charge in [-0.2, -0.15) is 5.26 Å². The van der Waals surface area contributed by atoms with Gasteiger partial charge in [0.2, 0.25) is 0 Å². The zero-order valence-corrected chi connectivity index (χ0v) is 14.9. The second-order valence-corrected chi connectivity index (χ2v) is 7.39. The predicted octanol–water partition coefficient (Wildman–Crippen LogP) is 2.63. The molecule has 0 bridgehead atoms. The van der Waals surface area contributed by atoms with Gasteiger partial charge in [-0.15, -0.1) is 0 Å². The van der Waals surface area contributed by atoms with Crippen molar-refractivity contribution in [2.24, 2.45) is 11.8 Å². The van der Waals surface area contributed by atoms with Crippen LogP contribution in [-0.4, -0.2) is 46.5 Å². The number of benzene rings is 1. The van der Waals surface area contributed by atoms with E-state index in [-0.39, 0.29) is 17.6 Å². The molecular weight excluding hydrogens is 342 g/mol. The molecule has 3 atom stereocenters. The van der Waals surface area contributed by atoms with Crippen LogP contribution in [0.3, 0.4) is 0 Å². The van der Waals surface area contributed by atoms with Crippen molar-refractivity contribution in [3.63, 3.8) is 0 Å². The van der Waals surface area contributed by atoms with Crippen molar-refractivity contribution in [3.8, 4) is 17.6 Å². The summed E-state index contributed by atoms with van der Waals surface area (Å²) in [4.78, 5) is 18.6. The summed E-state index contributed by atoms with van der Waals surface area (Å²) in [5.74, 6) is 1.96. The van der Waals surface area contributed by atoms with Crippen LogP contribution in [0.2, 0.25) is 0 Å². The number of hydrogen-bond donors (Lipinski definition) is 1. The Balaban J connectivity index is 1.28. The number of ether oxygens (including phenoxy) is 1. The van der Waals surface area contributed by atoms with Crippen molar-refractivity contribution in [1.29, 1.82) is 5.26 Å². The molecule has 27 heavy (non-hydrogen) atoms. The molecule has 2 fully saturated rings. The number of nitriles is 1. The first-order valence-electron chi connectivity index (χ1n) is 9.18. The summed E-state index contributed by atoms with van der Waals surface area (Å²) >= 11 is 0. The molecule has 0 amide bonds. The zero-order valence-electron chi connectivity index (χ0n) is 14.9. The smallest absolute Gasteiger partial charge is 0.195 e. The van der Waals surface area contributed by atoms with Gasteiger partial charge in [0.15, 0.2) is 5.78 Å². The van der Waals surface area contributed by atoms with Crippen LogP contribution in [0.15, 0.2) is 42.6 Å². The van der Waals surface area contributed by atoms with Crippen LogP contribution in [0, 0.1) is 23.2 Å². The van der Waals surface area contributed by atoms with E-state index in [2.05, 4.69) is 16.0 Å². The molecule has 0 spiro atoms. The van der Waals surface area contributed by atoms with Gasteiger partial charge in [-0.05, 0) is 61.1 Å². The van der Waals surface area contributed by atoms with Gasteiger partial charge in [-0.3, -0.25) is 9.69 Å². The van der Waals surface area contributed by atoms with Crippen LogP contribution in [0.1, 0.15) is 28.9 Å². The lowest BCUT2D eigenvalue weighted by Gasteiger charge is -2.19. The molecule has 1 aliphatic carbocycles. The topological polar surface area (TPSA) is 86.5 Å². The molecule has 4 rings (SSSR count). The average Bonchev–Trinajstić information content (AvgIpc) is 3.20. The highest BCUT2D eigenvalue weighted by Gasteiger charge is 2.42. The molecule has 1 aliphatic heterocycles. The summed E-state index contributed by atoms with van der Waals surface area (Å²) in [5, 5.41) is 18.1. The van der Waals surface area contributed by atoms with Crippen molar-refractivity contribution >= 4 is 5.78 Å². The Hall–Kier alpha value is -2.91.